The van der Waals surface area contributed by atoms with E-state index < -0.39 is 0 Å². The Kier molecular flexibility index (Phi) is 4.59. The van der Waals surface area contributed by atoms with Crippen LogP contribution in [0.25, 0.3) is 0 Å². The molecule has 0 radical (unpaired) electrons. The van der Waals surface area contributed by atoms with Crippen molar-refractivity contribution in [3.05, 3.63) is 29.6 Å². The minimum Gasteiger partial charge on any atom is -0.382 e. The van der Waals surface area contributed by atoms with E-state index >= 15 is 0 Å². The SMILES string of the molecule is CCN1CCCC(Nc2ccc(C)c(F)c2)CC1. The number of nitrogens with one attached hydrogen (secondary N) is 1. The van der Waals surface area contributed by atoms with Crippen molar-refractivity contribution < 1.29 is 4.39 Å². The lowest BCUT2D eigenvalue weighted by molar-refractivity contribution is 0.300. The van der Waals surface area contributed by atoms with E-state index in [4.69, 9.17) is 0 Å². The van der Waals surface area contributed by atoms with Gasteiger partial charge in [-0.3, -0.25) is 0 Å². The third-order valence-corrected chi connectivity index (χ3v) is 3.81. The van der Waals surface area contributed by atoms with Crippen molar-refractivity contribution in [2.24, 2.45) is 0 Å². The van der Waals surface area contributed by atoms with Gasteiger partial charge in [-0.05, 0) is 57.0 Å². The topological polar surface area (TPSA) is 15.3 Å². The van der Waals surface area contributed by atoms with Crippen molar-refractivity contribution >= 4 is 5.69 Å². The second-order valence-electron chi connectivity index (χ2n) is 5.17. The molecule has 0 saturated carbocycles. The van der Waals surface area contributed by atoms with Gasteiger partial charge in [-0.25, -0.2) is 4.39 Å². The molecule has 1 fully saturated rings. The first-order chi connectivity index (χ1) is 8.69. The molecule has 1 N–H and O–H groups in total. The molecule has 1 aliphatic heterocycles. The number of rotatable bonds is 3. The van der Waals surface area contributed by atoms with E-state index in [1.807, 2.05) is 12.1 Å². The summed E-state index contributed by atoms with van der Waals surface area (Å²) in [5, 5.41) is 3.47. The second kappa shape index (κ2) is 6.19. The quantitative estimate of drug-likeness (QED) is 0.884. The third kappa shape index (κ3) is 3.45. The van der Waals surface area contributed by atoms with E-state index in [1.54, 1.807) is 13.0 Å². The van der Waals surface area contributed by atoms with E-state index in [9.17, 15) is 4.39 Å². The molecule has 0 amide bonds. The average molecular weight is 250 g/mol. The van der Waals surface area contributed by atoms with Gasteiger partial charge in [0.2, 0.25) is 0 Å². The molecule has 0 aliphatic carbocycles. The fourth-order valence-corrected chi connectivity index (χ4v) is 2.53. The molecule has 1 unspecified atom stereocenters. The highest BCUT2D eigenvalue weighted by Crippen LogP contribution is 2.19. The van der Waals surface area contributed by atoms with Crippen molar-refractivity contribution in [1.29, 1.82) is 0 Å². The Bertz CT molecular complexity index is 392. The monoisotopic (exact) mass is 250 g/mol. The van der Waals surface area contributed by atoms with Gasteiger partial charge in [0.05, 0.1) is 0 Å². The van der Waals surface area contributed by atoms with Gasteiger partial charge in [0.1, 0.15) is 5.82 Å². The molecule has 18 heavy (non-hydrogen) atoms. The largest absolute Gasteiger partial charge is 0.382 e. The van der Waals surface area contributed by atoms with Gasteiger partial charge in [-0.15, -0.1) is 0 Å². The van der Waals surface area contributed by atoms with Gasteiger partial charge in [0, 0.05) is 18.3 Å². The molecule has 0 aromatic heterocycles. The Morgan fingerprint density at radius 2 is 2.17 bits per heavy atom. The van der Waals surface area contributed by atoms with Crippen molar-refractivity contribution in [2.45, 2.75) is 39.2 Å². The van der Waals surface area contributed by atoms with E-state index in [-0.39, 0.29) is 5.82 Å². The first-order valence-corrected chi connectivity index (χ1v) is 6.94. The number of hydrogen-bond acceptors (Lipinski definition) is 2. The first kappa shape index (κ1) is 13.3. The van der Waals surface area contributed by atoms with Crippen LogP contribution in [0.15, 0.2) is 18.2 Å². The van der Waals surface area contributed by atoms with Gasteiger partial charge < -0.3 is 10.2 Å². The summed E-state index contributed by atoms with van der Waals surface area (Å²) in [5.41, 5.74) is 1.62. The molecule has 1 atom stereocenters. The molecule has 0 bridgehead atoms. The normalized spacial score (nSPS) is 21.6. The van der Waals surface area contributed by atoms with Crippen LogP contribution in [0.1, 0.15) is 31.7 Å². The van der Waals surface area contributed by atoms with Crippen LogP contribution < -0.4 is 5.32 Å². The maximum absolute atomic E-state index is 13.5. The predicted octanol–water partition coefficient (Wildman–Crippen LogP) is 3.42. The fraction of sp³-hybridized carbons (Fsp3) is 0.600. The van der Waals surface area contributed by atoms with E-state index in [1.165, 1.54) is 19.4 Å². The zero-order chi connectivity index (χ0) is 13.0. The van der Waals surface area contributed by atoms with Crippen LogP contribution in [-0.2, 0) is 0 Å². The molecule has 2 rings (SSSR count). The third-order valence-electron chi connectivity index (χ3n) is 3.81. The number of anilines is 1. The highest BCUT2D eigenvalue weighted by molar-refractivity contribution is 5.46. The van der Waals surface area contributed by atoms with Gasteiger partial charge in [-0.1, -0.05) is 13.0 Å². The molecule has 0 spiro atoms. The molecule has 1 aliphatic rings. The van der Waals surface area contributed by atoms with Crippen LogP contribution in [0.3, 0.4) is 0 Å². The lowest BCUT2D eigenvalue weighted by Crippen LogP contribution is -2.26. The van der Waals surface area contributed by atoms with Crippen LogP contribution in [0.2, 0.25) is 0 Å². The summed E-state index contributed by atoms with van der Waals surface area (Å²) in [6, 6.07) is 5.90. The highest BCUT2D eigenvalue weighted by Gasteiger charge is 2.15. The minimum absolute atomic E-state index is 0.121. The summed E-state index contributed by atoms with van der Waals surface area (Å²) in [4.78, 5) is 2.48. The number of hydrogen-bond donors (Lipinski definition) is 1. The van der Waals surface area contributed by atoms with Crippen LogP contribution >= 0.6 is 0 Å². The summed E-state index contributed by atoms with van der Waals surface area (Å²) in [7, 11) is 0. The van der Waals surface area contributed by atoms with E-state index in [0.29, 0.717) is 11.6 Å². The zero-order valence-corrected chi connectivity index (χ0v) is 11.4. The predicted molar refractivity (Wildman–Crippen MR) is 74.5 cm³/mol. The zero-order valence-electron chi connectivity index (χ0n) is 11.4. The number of likely N-dealkylation sites (tertiary alicyclic amines) is 1. The summed E-state index contributed by atoms with van der Waals surface area (Å²) >= 11 is 0. The minimum atomic E-state index is -0.121. The second-order valence-corrected chi connectivity index (χ2v) is 5.17. The Morgan fingerprint density at radius 1 is 1.33 bits per heavy atom. The first-order valence-electron chi connectivity index (χ1n) is 6.94. The van der Waals surface area contributed by atoms with E-state index in [0.717, 1.165) is 25.2 Å². The molecule has 100 valence electrons. The summed E-state index contributed by atoms with van der Waals surface area (Å²) in [6.07, 6.45) is 3.54. The lowest BCUT2D eigenvalue weighted by Gasteiger charge is -2.19. The maximum atomic E-state index is 13.5. The summed E-state index contributed by atoms with van der Waals surface area (Å²) < 4.78 is 13.5. The smallest absolute Gasteiger partial charge is 0.128 e. The molecular weight excluding hydrogens is 227 g/mol. The Balaban J connectivity index is 1.94. The molecule has 1 aromatic carbocycles. The molecular formula is C15H23FN2. The number of aryl methyl sites for hydroxylation is 1. The van der Waals surface area contributed by atoms with Crippen LogP contribution in [-0.4, -0.2) is 30.6 Å². The van der Waals surface area contributed by atoms with Crippen LogP contribution in [0.4, 0.5) is 10.1 Å². The Hall–Kier alpha value is -1.09. The van der Waals surface area contributed by atoms with Gasteiger partial charge in [0.15, 0.2) is 0 Å². The van der Waals surface area contributed by atoms with Gasteiger partial charge in [0.25, 0.3) is 0 Å². The number of halogens is 1. The Labute approximate surface area is 109 Å². The molecule has 1 saturated heterocycles. The standard InChI is InChI=1S/C15H23FN2/c1-3-18-9-4-5-13(8-10-18)17-14-7-6-12(2)15(16)11-14/h6-7,11,13,17H,3-5,8-10H2,1-2H3. The van der Waals surface area contributed by atoms with Gasteiger partial charge in [-0.2, -0.15) is 0 Å². The number of benzene rings is 1. The van der Waals surface area contributed by atoms with E-state index in [2.05, 4.69) is 17.1 Å². The molecule has 1 heterocycles. The summed E-state index contributed by atoms with van der Waals surface area (Å²) in [5.74, 6) is -0.121. The van der Waals surface area contributed by atoms with Crippen molar-refractivity contribution in [1.82, 2.24) is 4.90 Å². The van der Waals surface area contributed by atoms with Crippen molar-refractivity contribution in [2.75, 3.05) is 25.0 Å². The maximum Gasteiger partial charge on any atom is 0.128 e. The van der Waals surface area contributed by atoms with Crippen molar-refractivity contribution in [3.8, 4) is 0 Å². The molecule has 2 nitrogen and oxygen atoms in total. The average Bonchev–Trinajstić information content (AvgIpc) is 2.59. The lowest BCUT2D eigenvalue weighted by atomic mass is 10.1. The summed E-state index contributed by atoms with van der Waals surface area (Å²) in [6.45, 7) is 7.47. The molecule has 1 aromatic rings. The Morgan fingerprint density at radius 3 is 2.89 bits per heavy atom. The van der Waals surface area contributed by atoms with Crippen LogP contribution in [0.5, 0.6) is 0 Å². The number of nitrogens with zero attached hydrogens (tertiary/aromatic N) is 1. The highest BCUT2D eigenvalue weighted by atomic mass is 19.1. The van der Waals surface area contributed by atoms with Gasteiger partial charge >= 0.3 is 0 Å². The molecule has 3 heteroatoms. The van der Waals surface area contributed by atoms with Crippen LogP contribution in [0, 0.1) is 12.7 Å². The van der Waals surface area contributed by atoms with Crippen molar-refractivity contribution in [3.63, 3.8) is 0 Å². The fourth-order valence-electron chi connectivity index (χ4n) is 2.53.